The van der Waals surface area contributed by atoms with Crippen LogP contribution in [0.5, 0.6) is 0 Å². The number of nitrogens with one attached hydrogen (secondary N) is 1. The van der Waals surface area contributed by atoms with Gasteiger partial charge in [-0.1, -0.05) is 25.1 Å². The van der Waals surface area contributed by atoms with Gasteiger partial charge in [0.05, 0.1) is 23.9 Å². The van der Waals surface area contributed by atoms with E-state index in [1.807, 2.05) is 13.8 Å². The monoisotopic (exact) mass is 317 g/mol. The molecule has 5 nitrogen and oxygen atoms in total. The van der Waals surface area contributed by atoms with Gasteiger partial charge in [0.1, 0.15) is 5.82 Å². The molecule has 23 heavy (non-hydrogen) atoms. The number of urea groups is 1. The molecule has 0 bridgehead atoms. The van der Waals surface area contributed by atoms with Crippen LogP contribution in [-0.2, 0) is 4.79 Å². The SMILES string of the molecule is CC[C@H](C)N1CC2=C(C1=O)[C@@H](c1ccccc1F)NC(=O)N2C. The summed E-state index contributed by atoms with van der Waals surface area (Å²) >= 11 is 0. The largest absolute Gasteiger partial charge is 0.330 e. The number of likely N-dealkylation sites (N-methyl/N-ethyl adjacent to an activating group) is 1. The molecule has 0 radical (unpaired) electrons. The van der Waals surface area contributed by atoms with Gasteiger partial charge in [0.2, 0.25) is 0 Å². The van der Waals surface area contributed by atoms with Crippen LogP contribution >= 0.6 is 0 Å². The van der Waals surface area contributed by atoms with Crippen molar-refractivity contribution in [3.05, 3.63) is 46.9 Å². The highest BCUT2D eigenvalue weighted by Crippen LogP contribution is 2.37. The Kier molecular flexibility index (Phi) is 3.83. The molecule has 0 spiro atoms. The minimum absolute atomic E-state index is 0.0675. The molecule has 0 unspecified atom stereocenters. The van der Waals surface area contributed by atoms with Crippen molar-refractivity contribution in [1.29, 1.82) is 0 Å². The maximum atomic E-state index is 14.2. The van der Waals surface area contributed by atoms with Crippen molar-refractivity contribution in [2.75, 3.05) is 13.6 Å². The number of hydrogen-bond acceptors (Lipinski definition) is 2. The Morgan fingerprint density at radius 3 is 2.70 bits per heavy atom. The number of amides is 3. The first-order valence-corrected chi connectivity index (χ1v) is 7.78. The summed E-state index contributed by atoms with van der Waals surface area (Å²) in [4.78, 5) is 28.3. The van der Waals surface area contributed by atoms with Gasteiger partial charge in [-0.05, 0) is 19.4 Å². The molecule has 1 aromatic carbocycles. The van der Waals surface area contributed by atoms with Crippen LogP contribution in [0, 0.1) is 5.82 Å². The van der Waals surface area contributed by atoms with Crippen LogP contribution in [0.1, 0.15) is 31.9 Å². The summed E-state index contributed by atoms with van der Waals surface area (Å²) in [5.41, 5.74) is 1.45. The van der Waals surface area contributed by atoms with E-state index >= 15 is 0 Å². The minimum atomic E-state index is -0.739. The summed E-state index contributed by atoms with van der Waals surface area (Å²) in [6.45, 7) is 4.37. The fourth-order valence-corrected chi connectivity index (χ4v) is 3.11. The Bertz CT molecular complexity index is 701. The topological polar surface area (TPSA) is 52.7 Å². The zero-order chi connectivity index (χ0) is 16.7. The molecule has 2 aliphatic rings. The number of hydrogen-bond donors (Lipinski definition) is 1. The predicted octanol–water partition coefficient (Wildman–Crippen LogP) is 2.42. The third-order valence-electron chi connectivity index (χ3n) is 4.73. The van der Waals surface area contributed by atoms with Crippen LogP contribution in [0.4, 0.5) is 9.18 Å². The molecule has 1 N–H and O–H groups in total. The summed E-state index contributed by atoms with van der Waals surface area (Å²) < 4.78 is 14.2. The first kappa shape index (κ1) is 15.5. The van der Waals surface area contributed by atoms with Crippen LogP contribution in [0.15, 0.2) is 35.5 Å². The summed E-state index contributed by atoms with van der Waals surface area (Å²) in [6.07, 6.45) is 0.821. The van der Waals surface area contributed by atoms with Crippen molar-refractivity contribution < 1.29 is 14.0 Å². The maximum Gasteiger partial charge on any atom is 0.322 e. The molecule has 0 saturated carbocycles. The first-order chi connectivity index (χ1) is 11.0. The van der Waals surface area contributed by atoms with Gasteiger partial charge in [-0.2, -0.15) is 0 Å². The van der Waals surface area contributed by atoms with Gasteiger partial charge in [-0.25, -0.2) is 9.18 Å². The molecule has 0 saturated heterocycles. The average molecular weight is 317 g/mol. The van der Waals surface area contributed by atoms with Crippen molar-refractivity contribution in [3.63, 3.8) is 0 Å². The van der Waals surface area contributed by atoms with Crippen LogP contribution in [0.2, 0.25) is 0 Å². The van der Waals surface area contributed by atoms with E-state index in [0.717, 1.165) is 6.42 Å². The molecule has 3 amide bonds. The van der Waals surface area contributed by atoms with E-state index in [9.17, 15) is 14.0 Å². The summed E-state index contributed by atoms with van der Waals surface area (Å²) in [6, 6.07) is 5.24. The molecular weight excluding hydrogens is 297 g/mol. The molecule has 6 heteroatoms. The van der Waals surface area contributed by atoms with Crippen molar-refractivity contribution in [2.24, 2.45) is 0 Å². The van der Waals surface area contributed by atoms with Gasteiger partial charge < -0.3 is 10.2 Å². The Balaban J connectivity index is 2.07. The second kappa shape index (κ2) is 5.68. The minimum Gasteiger partial charge on any atom is -0.330 e. The van der Waals surface area contributed by atoms with E-state index in [2.05, 4.69) is 5.32 Å². The van der Waals surface area contributed by atoms with E-state index in [1.165, 1.54) is 11.0 Å². The molecular formula is C17H20FN3O2. The van der Waals surface area contributed by atoms with Crippen LogP contribution in [0.25, 0.3) is 0 Å². The Morgan fingerprint density at radius 2 is 2.04 bits per heavy atom. The fourth-order valence-electron chi connectivity index (χ4n) is 3.11. The van der Waals surface area contributed by atoms with Crippen LogP contribution < -0.4 is 5.32 Å². The smallest absolute Gasteiger partial charge is 0.322 e. The number of benzene rings is 1. The van der Waals surface area contributed by atoms with Crippen molar-refractivity contribution >= 4 is 11.9 Å². The van der Waals surface area contributed by atoms with Crippen LogP contribution in [-0.4, -0.2) is 41.4 Å². The summed E-state index contributed by atoms with van der Waals surface area (Å²) in [7, 11) is 1.63. The van der Waals surface area contributed by atoms with E-state index in [-0.39, 0.29) is 18.0 Å². The first-order valence-electron chi connectivity index (χ1n) is 7.78. The highest BCUT2D eigenvalue weighted by molar-refractivity contribution is 6.01. The summed E-state index contributed by atoms with van der Waals surface area (Å²) in [5.74, 6) is -0.557. The lowest BCUT2D eigenvalue weighted by molar-refractivity contribution is -0.127. The second-order valence-electron chi connectivity index (χ2n) is 6.01. The maximum absolute atomic E-state index is 14.2. The third kappa shape index (κ3) is 2.38. The highest BCUT2D eigenvalue weighted by atomic mass is 19.1. The lowest BCUT2D eigenvalue weighted by atomic mass is 9.95. The van der Waals surface area contributed by atoms with Crippen LogP contribution in [0.3, 0.4) is 0 Å². The van der Waals surface area contributed by atoms with Crippen molar-refractivity contribution in [3.8, 4) is 0 Å². The van der Waals surface area contributed by atoms with Crippen molar-refractivity contribution in [2.45, 2.75) is 32.4 Å². The lowest BCUT2D eigenvalue weighted by Crippen LogP contribution is -2.45. The molecule has 122 valence electrons. The third-order valence-corrected chi connectivity index (χ3v) is 4.73. The fraction of sp³-hybridized carbons (Fsp3) is 0.412. The Labute approximate surface area is 134 Å². The summed E-state index contributed by atoms with van der Waals surface area (Å²) in [5, 5.41) is 2.74. The quantitative estimate of drug-likeness (QED) is 0.931. The van der Waals surface area contributed by atoms with Gasteiger partial charge in [0, 0.05) is 18.7 Å². The molecule has 2 aliphatic heterocycles. The van der Waals surface area contributed by atoms with Gasteiger partial charge in [0.25, 0.3) is 5.91 Å². The Morgan fingerprint density at radius 1 is 1.35 bits per heavy atom. The number of carbonyl (C=O) groups excluding carboxylic acids is 2. The standard InChI is InChI=1S/C17H20FN3O2/c1-4-10(2)21-9-13-14(16(21)22)15(19-17(23)20(13)3)11-7-5-6-8-12(11)18/h5-8,10,15H,4,9H2,1-3H3,(H,19,23)/t10-,15+/m0/s1. The number of rotatable bonds is 3. The predicted molar refractivity (Wildman–Crippen MR) is 83.9 cm³/mol. The number of nitrogens with zero attached hydrogens (tertiary/aromatic N) is 2. The number of halogens is 1. The van der Waals surface area contributed by atoms with Gasteiger partial charge in [0.15, 0.2) is 0 Å². The molecule has 0 fully saturated rings. The number of carbonyl (C=O) groups is 2. The molecule has 1 aromatic rings. The highest BCUT2D eigenvalue weighted by Gasteiger charge is 2.44. The van der Waals surface area contributed by atoms with E-state index in [1.54, 1.807) is 30.1 Å². The zero-order valence-corrected chi connectivity index (χ0v) is 13.5. The molecule has 2 heterocycles. The second-order valence-corrected chi connectivity index (χ2v) is 6.01. The molecule has 2 atom stereocenters. The molecule has 0 aromatic heterocycles. The van der Waals surface area contributed by atoms with Crippen molar-refractivity contribution in [1.82, 2.24) is 15.1 Å². The normalized spacial score (nSPS) is 22.3. The molecule has 3 rings (SSSR count). The molecule has 0 aliphatic carbocycles. The van der Waals surface area contributed by atoms with Gasteiger partial charge in [-0.15, -0.1) is 0 Å². The zero-order valence-electron chi connectivity index (χ0n) is 13.5. The van der Waals surface area contributed by atoms with E-state index in [4.69, 9.17) is 0 Å². The van der Waals surface area contributed by atoms with Gasteiger partial charge in [-0.3, -0.25) is 9.69 Å². The Hall–Kier alpha value is -2.37. The lowest BCUT2D eigenvalue weighted by Gasteiger charge is -2.31. The van der Waals surface area contributed by atoms with E-state index in [0.29, 0.717) is 23.4 Å². The van der Waals surface area contributed by atoms with Gasteiger partial charge >= 0.3 is 6.03 Å². The average Bonchev–Trinajstić information content (AvgIpc) is 2.89. The van der Waals surface area contributed by atoms with E-state index < -0.39 is 11.9 Å².